The van der Waals surface area contributed by atoms with Crippen LogP contribution in [0.4, 0.5) is 0 Å². The second-order valence-corrected chi connectivity index (χ2v) is 8.52. The van der Waals surface area contributed by atoms with Gasteiger partial charge in [0.15, 0.2) is 5.96 Å². The number of amides is 1. The van der Waals surface area contributed by atoms with E-state index >= 15 is 0 Å². The van der Waals surface area contributed by atoms with Crippen LogP contribution in [0, 0.1) is 0 Å². The van der Waals surface area contributed by atoms with Gasteiger partial charge in [-0.15, -0.1) is 24.0 Å². The molecule has 0 radical (unpaired) electrons. The number of rotatable bonds is 9. The number of nitrogens with one attached hydrogen (secondary N) is 2. The number of hydrogen-bond donors (Lipinski definition) is 2. The largest absolute Gasteiger partial charge is 0.379 e. The second kappa shape index (κ2) is 13.8. The number of carbonyl (C=O) groups excluding carboxylic acids is 1. The van der Waals surface area contributed by atoms with Gasteiger partial charge in [-0.1, -0.05) is 0 Å². The van der Waals surface area contributed by atoms with E-state index in [4.69, 9.17) is 4.74 Å². The topological polar surface area (TPSA) is 69.2 Å². The van der Waals surface area contributed by atoms with Crippen LogP contribution in [0.2, 0.25) is 0 Å². The average molecular weight is 501 g/mol. The predicted octanol–water partition coefficient (Wildman–Crippen LogP) is 1.09. The van der Waals surface area contributed by atoms with E-state index in [2.05, 4.69) is 40.6 Å². The minimum atomic E-state index is -0.00135. The molecule has 9 heteroatoms. The fourth-order valence-corrected chi connectivity index (χ4v) is 2.38. The summed E-state index contributed by atoms with van der Waals surface area (Å²) in [6, 6.07) is 0. The molecule has 26 heavy (non-hydrogen) atoms. The van der Waals surface area contributed by atoms with E-state index in [1.807, 2.05) is 0 Å². The summed E-state index contributed by atoms with van der Waals surface area (Å²) >= 11 is 1.81. The van der Waals surface area contributed by atoms with Crippen molar-refractivity contribution in [2.24, 2.45) is 4.99 Å². The number of likely N-dealkylation sites (N-methyl/N-ethyl adjacent to an activating group) is 1. The normalized spacial score (nSPS) is 16.0. The molecule has 1 fully saturated rings. The molecule has 1 saturated heterocycles. The lowest BCUT2D eigenvalue weighted by Gasteiger charge is -2.27. The summed E-state index contributed by atoms with van der Waals surface area (Å²) in [5.41, 5.74) is 0. The fourth-order valence-electron chi connectivity index (χ4n) is 2.17. The molecule has 154 valence electrons. The molecule has 0 bridgehead atoms. The van der Waals surface area contributed by atoms with Gasteiger partial charge in [0.05, 0.1) is 13.2 Å². The predicted molar refractivity (Wildman–Crippen MR) is 122 cm³/mol. The lowest BCUT2D eigenvalue weighted by atomic mass is 10.2. The first-order chi connectivity index (χ1) is 11.8. The Bertz CT molecular complexity index is 429. The van der Waals surface area contributed by atoms with Crippen LogP contribution in [-0.4, -0.2) is 99.2 Å². The Morgan fingerprint density at radius 1 is 1.27 bits per heavy atom. The molecule has 7 nitrogen and oxygen atoms in total. The van der Waals surface area contributed by atoms with E-state index < -0.39 is 0 Å². The van der Waals surface area contributed by atoms with Gasteiger partial charge in [0.2, 0.25) is 5.91 Å². The van der Waals surface area contributed by atoms with Crippen molar-refractivity contribution < 1.29 is 9.53 Å². The van der Waals surface area contributed by atoms with Gasteiger partial charge in [-0.2, -0.15) is 11.8 Å². The summed E-state index contributed by atoms with van der Waals surface area (Å²) < 4.78 is 5.48. The van der Waals surface area contributed by atoms with E-state index in [1.165, 1.54) is 0 Å². The number of hydrogen-bond acceptors (Lipinski definition) is 5. The highest BCUT2D eigenvalue weighted by molar-refractivity contribution is 14.0. The quantitative estimate of drug-likeness (QED) is 0.214. The number of halogens is 1. The molecule has 0 aromatic carbocycles. The molecule has 2 N–H and O–H groups in total. The number of aliphatic imine (C=N–C) groups is 1. The SMILES string of the molecule is CSC(C)(C)CNC(=NCC(=O)N(C)C)NCCCN1CCOCC1.I. The third kappa shape index (κ3) is 11.5. The molecule has 0 aliphatic carbocycles. The van der Waals surface area contributed by atoms with Crippen molar-refractivity contribution >= 4 is 47.6 Å². The van der Waals surface area contributed by atoms with Crippen LogP contribution < -0.4 is 10.6 Å². The molecule has 1 rings (SSSR count). The van der Waals surface area contributed by atoms with Gasteiger partial charge >= 0.3 is 0 Å². The maximum Gasteiger partial charge on any atom is 0.243 e. The molecule has 1 amide bonds. The molecular weight excluding hydrogens is 465 g/mol. The van der Waals surface area contributed by atoms with Crippen molar-refractivity contribution in [3.63, 3.8) is 0 Å². The summed E-state index contributed by atoms with van der Waals surface area (Å²) in [5.74, 6) is 0.706. The highest BCUT2D eigenvalue weighted by atomic mass is 127. The van der Waals surface area contributed by atoms with Crippen LogP contribution in [0.25, 0.3) is 0 Å². The average Bonchev–Trinajstić information content (AvgIpc) is 2.60. The molecule has 1 aliphatic heterocycles. The van der Waals surface area contributed by atoms with Crippen LogP contribution in [0.5, 0.6) is 0 Å². The maximum atomic E-state index is 11.8. The Morgan fingerprint density at radius 3 is 2.50 bits per heavy atom. The Balaban J connectivity index is 0.00000625. The van der Waals surface area contributed by atoms with Gasteiger partial charge in [-0.25, -0.2) is 4.99 Å². The van der Waals surface area contributed by atoms with Crippen molar-refractivity contribution in [1.82, 2.24) is 20.4 Å². The standard InChI is InChI=1S/C17H35N5O2S.HI/c1-17(2,25-5)14-20-16(19-13-15(23)21(3)4)18-7-6-8-22-9-11-24-12-10-22;/h6-14H2,1-5H3,(H2,18,19,20);1H. The Hall–Kier alpha value is -0.260. The lowest BCUT2D eigenvalue weighted by molar-refractivity contribution is -0.127. The maximum absolute atomic E-state index is 11.8. The van der Waals surface area contributed by atoms with Crippen LogP contribution in [0.15, 0.2) is 4.99 Å². The second-order valence-electron chi connectivity index (χ2n) is 7.00. The van der Waals surface area contributed by atoms with E-state index in [1.54, 1.807) is 30.8 Å². The van der Waals surface area contributed by atoms with Crippen LogP contribution >= 0.6 is 35.7 Å². The van der Waals surface area contributed by atoms with Crippen molar-refractivity contribution in [3.8, 4) is 0 Å². The van der Waals surface area contributed by atoms with E-state index in [9.17, 15) is 4.79 Å². The summed E-state index contributed by atoms with van der Waals surface area (Å²) in [4.78, 5) is 20.2. The van der Waals surface area contributed by atoms with Crippen molar-refractivity contribution in [3.05, 3.63) is 0 Å². The number of ether oxygens (including phenoxy) is 1. The molecule has 1 aliphatic rings. The Labute approximate surface area is 180 Å². The highest BCUT2D eigenvalue weighted by Crippen LogP contribution is 2.19. The van der Waals surface area contributed by atoms with Gasteiger partial charge in [0.1, 0.15) is 6.54 Å². The zero-order chi connectivity index (χ0) is 18.7. The minimum absolute atomic E-state index is 0. The van der Waals surface area contributed by atoms with E-state index in [-0.39, 0.29) is 41.2 Å². The van der Waals surface area contributed by atoms with Gasteiger partial charge in [-0.05, 0) is 33.1 Å². The van der Waals surface area contributed by atoms with E-state index in [0.29, 0.717) is 5.96 Å². The number of guanidine groups is 1. The first-order valence-electron chi connectivity index (χ1n) is 8.91. The minimum Gasteiger partial charge on any atom is -0.379 e. The third-order valence-corrected chi connectivity index (χ3v) is 5.40. The first kappa shape index (κ1) is 25.7. The molecule has 0 unspecified atom stereocenters. The lowest BCUT2D eigenvalue weighted by Crippen LogP contribution is -2.45. The molecule has 0 saturated carbocycles. The number of thioether (sulfide) groups is 1. The number of morpholine rings is 1. The summed E-state index contributed by atoms with van der Waals surface area (Å²) in [5, 5.41) is 6.71. The molecular formula is C17H36IN5O2S. The van der Waals surface area contributed by atoms with Crippen molar-refractivity contribution in [2.45, 2.75) is 25.0 Å². The van der Waals surface area contributed by atoms with Gasteiger partial charge in [0, 0.05) is 45.0 Å². The monoisotopic (exact) mass is 501 g/mol. The molecule has 1 heterocycles. The van der Waals surface area contributed by atoms with Gasteiger partial charge in [0.25, 0.3) is 0 Å². The molecule has 0 aromatic rings. The third-order valence-electron chi connectivity index (χ3n) is 4.15. The van der Waals surface area contributed by atoms with Crippen LogP contribution in [0.3, 0.4) is 0 Å². The summed E-state index contributed by atoms with van der Waals surface area (Å²) in [6.45, 7) is 10.9. The summed E-state index contributed by atoms with van der Waals surface area (Å²) in [6.07, 6.45) is 3.14. The Kier molecular flexibility index (Phi) is 13.7. The molecule has 0 atom stereocenters. The summed E-state index contributed by atoms with van der Waals surface area (Å²) in [7, 11) is 3.50. The smallest absolute Gasteiger partial charge is 0.243 e. The van der Waals surface area contributed by atoms with Crippen molar-refractivity contribution in [1.29, 1.82) is 0 Å². The number of nitrogens with zero attached hydrogens (tertiary/aromatic N) is 3. The van der Waals surface area contributed by atoms with Gasteiger partial charge < -0.3 is 20.3 Å². The van der Waals surface area contributed by atoms with E-state index in [0.717, 1.165) is 52.4 Å². The van der Waals surface area contributed by atoms with Crippen LogP contribution in [0.1, 0.15) is 20.3 Å². The fraction of sp³-hybridized carbons (Fsp3) is 0.882. The van der Waals surface area contributed by atoms with Crippen LogP contribution in [-0.2, 0) is 9.53 Å². The molecule has 0 spiro atoms. The first-order valence-corrected chi connectivity index (χ1v) is 10.1. The van der Waals surface area contributed by atoms with Crippen molar-refractivity contribution in [2.75, 3.05) is 72.8 Å². The Morgan fingerprint density at radius 2 is 1.92 bits per heavy atom. The number of carbonyl (C=O) groups is 1. The van der Waals surface area contributed by atoms with Gasteiger partial charge in [-0.3, -0.25) is 9.69 Å². The zero-order valence-corrected chi connectivity index (χ0v) is 20.0. The zero-order valence-electron chi connectivity index (χ0n) is 16.8. The highest BCUT2D eigenvalue weighted by Gasteiger charge is 2.16. The molecule has 0 aromatic heterocycles.